The molecule has 0 amide bonds. The van der Waals surface area contributed by atoms with Crippen LogP contribution in [0.25, 0.3) is 0 Å². The van der Waals surface area contributed by atoms with Crippen molar-refractivity contribution in [3.8, 4) is 0 Å². The predicted molar refractivity (Wildman–Crippen MR) is 79.6 cm³/mol. The Bertz CT molecular complexity index is 376. The lowest BCUT2D eigenvalue weighted by Crippen LogP contribution is -2.52. The first-order valence-electron chi connectivity index (χ1n) is 7.47. The predicted octanol–water partition coefficient (Wildman–Crippen LogP) is 1.70. The Labute approximate surface area is 116 Å². The van der Waals surface area contributed by atoms with Gasteiger partial charge in [0.1, 0.15) is 0 Å². The summed E-state index contributed by atoms with van der Waals surface area (Å²) in [5.74, 6) is 0. The first-order valence-corrected chi connectivity index (χ1v) is 7.47. The third-order valence-electron chi connectivity index (χ3n) is 4.55. The molecule has 0 unspecified atom stereocenters. The van der Waals surface area contributed by atoms with E-state index in [0.717, 1.165) is 6.04 Å². The molecule has 2 saturated heterocycles. The minimum Gasteiger partial charge on any atom is -0.371 e. The SMILES string of the molecule is CN1CCN(C2CCN(c3[c]cccc3)CC2)CC1. The van der Waals surface area contributed by atoms with Crippen molar-refractivity contribution in [2.24, 2.45) is 0 Å². The van der Waals surface area contributed by atoms with Gasteiger partial charge in [-0.1, -0.05) is 18.2 Å². The van der Waals surface area contributed by atoms with Gasteiger partial charge in [0, 0.05) is 57.1 Å². The molecule has 0 bridgehead atoms. The van der Waals surface area contributed by atoms with Gasteiger partial charge in [0.25, 0.3) is 0 Å². The Hall–Kier alpha value is -1.06. The van der Waals surface area contributed by atoms with Crippen molar-refractivity contribution in [1.29, 1.82) is 0 Å². The molecule has 19 heavy (non-hydrogen) atoms. The van der Waals surface area contributed by atoms with E-state index < -0.39 is 0 Å². The first kappa shape index (κ1) is 12.9. The van der Waals surface area contributed by atoms with Gasteiger partial charge in [-0.2, -0.15) is 0 Å². The molecule has 2 aliphatic rings. The van der Waals surface area contributed by atoms with Crippen LogP contribution in [0.4, 0.5) is 5.69 Å². The van der Waals surface area contributed by atoms with Crippen LogP contribution in [0.1, 0.15) is 12.8 Å². The molecule has 3 rings (SSSR count). The number of piperidine rings is 1. The van der Waals surface area contributed by atoms with E-state index in [1.807, 2.05) is 12.1 Å². The number of nitrogens with zero attached hydrogens (tertiary/aromatic N) is 3. The van der Waals surface area contributed by atoms with Crippen molar-refractivity contribution < 1.29 is 0 Å². The number of piperazine rings is 1. The largest absolute Gasteiger partial charge is 0.371 e. The molecule has 2 fully saturated rings. The van der Waals surface area contributed by atoms with Crippen LogP contribution in [0.15, 0.2) is 24.3 Å². The lowest BCUT2D eigenvalue weighted by molar-refractivity contribution is 0.0982. The number of likely N-dealkylation sites (N-methyl/N-ethyl adjacent to an activating group) is 1. The van der Waals surface area contributed by atoms with Crippen molar-refractivity contribution >= 4 is 5.69 Å². The van der Waals surface area contributed by atoms with Gasteiger partial charge in [-0.15, -0.1) is 0 Å². The molecule has 0 spiro atoms. The minimum atomic E-state index is 0.800. The van der Waals surface area contributed by atoms with Crippen LogP contribution >= 0.6 is 0 Å². The van der Waals surface area contributed by atoms with Gasteiger partial charge >= 0.3 is 0 Å². The van der Waals surface area contributed by atoms with Crippen molar-refractivity contribution in [2.75, 3.05) is 51.2 Å². The molecule has 3 heteroatoms. The van der Waals surface area contributed by atoms with E-state index in [1.165, 1.54) is 57.8 Å². The molecule has 0 aliphatic carbocycles. The number of hydrogen-bond donors (Lipinski definition) is 0. The van der Waals surface area contributed by atoms with E-state index in [9.17, 15) is 0 Å². The smallest absolute Gasteiger partial charge is 0.0446 e. The summed E-state index contributed by atoms with van der Waals surface area (Å²) in [4.78, 5) is 7.61. The van der Waals surface area contributed by atoms with Crippen LogP contribution in [0.3, 0.4) is 0 Å². The Morgan fingerprint density at radius 1 is 1.00 bits per heavy atom. The second-order valence-corrected chi connectivity index (χ2v) is 5.81. The highest BCUT2D eigenvalue weighted by molar-refractivity contribution is 5.45. The van der Waals surface area contributed by atoms with Crippen molar-refractivity contribution in [2.45, 2.75) is 18.9 Å². The van der Waals surface area contributed by atoms with Crippen LogP contribution < -0.4 is 4.90 Å². The van der Waals surface area contributed by atoms with E-state index in [-0.39, 0.29) is 0 Å². The fraction of sp³-hybridized carbons (Fsp3) is 0.625. The van der Waals surface area contributed by atoms with E-state index in [0.29, 0.717) is 0 Å². The molecule has 1 aromatic rings. The summed E-state index contributed by atoms with van der Waals surface area (Å²) in [6, 6.07) is 12.5. The van der Waals surface area contributed by atoms with Crippen LogP contribution in [0, 0.1) is 6.07 Å². The van der Waals surface area contributed by atoms with Gasteiger partial charge in [-0.25, -0.2) is 0 Å². The molecular weight excluding hydrogens is 234 g/mol. The zero-order valence-electron chi connectivity index (χ0n) is 11.9. The number of rotatable bonds is 2. The lowest BCUT2D eigenvalue weighted by Gasteiger charge is -2.42. The van der Waals surface area contributed by atoms with Crippen LogP contribution in [-0.2, 0) is 0 Å². The molecule has 0 aromatic heterocycles. The fourth-order valence-corrected chi connectivity index (χ4v) is 3.24. The van der Waals surface area contributed by atoms with Crippen LogP contribution in [0.2, 0.25) is 0 Å². The van der Waals surface area contributed by atoms with Crippen LogP contribution in [-0.4, -0.2) is 62.2 Å². The average Bonchev–Trinajstić information content (AvgIpc) is 2.49. The van der Waals surface area contributed by atoms with Gasteiger partial charge in [0.05, 0.1) is 0 Å². The summed E-state index contributed by atoms with van der Waals surface area (Å²) in [5, 5.41) is 0. The van der Waals surface area contributed by atoms with Gasteiger partial charge in [0.15, 0.2) is 0 Å². The zero-order chi connectivity index (χ0) is 13.1. The van der Waals surface area contributed by atoms with Crippen LogP contribution in [0.5, 0.6) is 0 Å². The molecule has 0 N–H and O–H groups in total. The Morgan fingerprint density at radius 2 is 1.74 bits per heavy atom. The first-order chi connectivity index (χ1) is 9.33. The average molecular weight is 258 g/mol. The third kappa shape index (κ3) is 3.10. The second kappa shape index (κ2) is 5.93. The summed E-state index contributed by atoms with van der Waals surface area (Å²) >= 11 is 0. The van der Waals surface area contributed by atoms with Gasteiger partial charge in [-0.3, -0.25) is 4.90 Å². The zero-order valence-corrected chi connectivity index (χ0v) is 11.9. The van der Waals surface area contributed by atoms with Crippen molar-refractivity contribution in [1.82, 2.24) is 9.80 Å². The summed E-state index contributed by atoms with van der Waals surface area (Å²) in [6.07, 6.45) is 2.60. The summed E-state index contributed by atoms with van der Waals surface area (Å²) in [6.45, 7) is 7.31. The molecule has 1 aromatic carbocycles. The maximum Gasteiger partial charge on any atom is 0.0446 e. The molecule has 3 nitrogen and oxygen atoms in total. The molecule has 2 heterocycles. The lowest BCUT2D eigenvalue weighted by atomic mass is 10.0. The van der Waals surface area contributed by atoms with Crippen molar-refractivity contribution in [3.63, 3.8) is 0 Å². The number of para-hydroxylation sites is 1. The Balaban J connectivity index is 1.52. The minimum absolute atomic E-state index is 0.800. The maximum atomic E-state index is 3.34. The number of benzene rings is 1. The van der Waals surface area contributed by atoms with E-state index in [4.69, 9.17) is 0 Å². The number of anilines is 1. The highest BCUT2D eigenvalue weighted by atomic mass is 15.3. The van der Waals surface area contributed by atoms with Gasteiger partial charge in [-0.05, 0) is 26.0 Å². The Kier molecular flexibility index (Phi) is 4.04. The quantitative estimate of drug-likeness (QED) is 0.799. The normalized spacial score (nSPS) is 23.7. The molecule has 103 valence electrons. The van der Waals surface area contributed by atoms with E-state index >= 15 is 0 Å². The summed E-state index contributed by atoms with van der Waals surface area (Å²) < 4.78 is 0. The standard InChI is InChI=1S/C16H24N3/c1-17-11-13-19(14-12-17)16-7-9-18(10-8-16)15-5-3-2-4-6-15/h2-5,16H,7-14H2,1H3. The topological polar surface area (TPSA) is 9.72 Å². The van der Waals surface area contributed by atoms with Gasteiger partial charge in [0.2, 0.25) is 0 Å². The molecule has 0 atom stereocenters. The summed E-state index contributed by atoms with van der Waals surface area (Å²) in [7, 11) is 2.23. The Morgan fingerprint density at radius 3 is 2.37 bits per heavy atom. The molecular formula is C16H24N3. The maximum absolute atomic E-state index is 3.34. The summed E-state index contributed by atoms with van der Waals surface area (Å²) in [5.41, 5.74) is 1.26. The second-order valence-electron chi connectivity index (χ2n) is 5.81. The highest BCUT2D eigenvalue weighted by Crippen LogP contribution is 2.22. The van der Waals surface area contributed by atoms with Gasteiger partial charge < -0.3 is 9.80 Å². The molecule has 1 radical (unpaired) electrons. The third-order valence-corrected chi connectivity index (χ3v) is 4.55. The number of hydrogen-bond acceptors (Lipinski definition) is 3. The monoisotopic (exact) mass is 258 g/mol. The fourth-order valence-electron chi connectivity index (χ4n) is 3.24. The van der Waals surface area contributed by atoms with Crippen molar-refractivity contribution in [3.05, 3.63) is 30.3 Å². The molecule has 0 saturated carbocycles. The molecule has 2 aliphatic heterocycles. The highest BCUT2D eigenvalue weighted by Gasteiger charge is 2.26. The van der Waals surface area contributed by atoms with E-state index in [1.54, 1.807) is 0 Å². The van der Waals surface area contributed by atoms with E-state index in [2.05, 4.69) is 39.9 Å².